The van der Waals surface area contributed by atoms with Gasteiger partial charge in [-0.15, -0.1) is 0 Å². The standard InChI is InChI=1S/C27H22N4O12S2.2K/c1-3-42-26(34)22-20(24(32)30(28-22)16-8-12-18(13-9-16)44(36,37)38)6-5-7-21-23(27(35)43-4-2)29-31(25(21)33)17-10-14-19(15-11-17)45(39,40)41;;/h3,5-15,29H,1,4H2,2H3,(H,36,37,38)(H,39,40,41);;/q;2*+1/p-2/b7-5?,20-6-;;. The molecule has 0 atom stereocenters. The number of carbonyl (C=O) groups is 3. The van der Waals surface area contributed by atoms with Crippen molar-refractivity contribution in [3.05, 3.63) is 101 Å². The van der Waals surface area contributed by atoms with Crippen molar-refractivity contribution in [3.8, 4) is 5.69 Å². The van der Waals surface area contributed by atoms with Gasteiger partial charge in [-0.05, 0) is 67.6 Å². The van der Waals surface area contributed by atoms with Crippen molar-refractivity contribution in [2.45, 2.75) is 16.7 Å². The molecule has 1 N–H and O–H groups in total. The van der Waals surface area contributed by atoms with E-state index in [1.165, 1.54) is 6.92 Å². The molecule has 2 aromatic carbocycles. The van der Waals surface area contributed by atoms with Crippen LogP contribution in [-0.4, -0.2) is 65.9 Å². The van der Waals surface area contributed by atoms with E-state index in [1.54, 1.807) is 0 Å². The maximum Gasteiger partial charge on any atom is 1.00 e. The van der Waals surface area contributed by atoms with Gasteiger partial charge in [-0.3, -0.25) is 14.7 Å². The summed E-state index contributed by atoms with van der Waals surface area (Å²) in [5.41, 5.74) is -2.14. The number of anilines is 1. The van der Waals surface area contributed by atoms with Crippen LogP contribution in [0.25, 0.3) is 11.8 Å². The number of allylic oxidation sites excluding steroid dienone is 2. The number of esters is 2. The predicted octanol–water partition coefficient (Wildman–Crippen LogP) is -4.81. The number of ether oxygens (including phenoxy) is 2. The molecule has 0 aliphatic carbocycles. The average Bonchev–Trinajstić information content (AvgIpc) is 3.49. The van der Waals surface area contributed by atoms with Gasteiger partial charge in [0.05, 0.1) is 45.2 Å². The molecule has 1 aliphatic heterocycles. The van der Waals surface area contributed by atoms with Crippen LogP contribution in [0, 0.1) is 0 Å². The van der Waals surface area contributed by atoms with Gasteiger partial charge in [0.15, 0.2) is 11.4 Å². The second-order valence-electron chi connectivity index (χ2n) is 8.73. The van der Waals surface area contributed by atoms with Crippen LogP contribution in [0.2, 0.25) is 0 Å². The molecule has 0 bridgehead atoms. The van der Waals surface area contributed by atoms with Crippen molar-refractivity contribution in [2.24, 2.45) is 5.10 Å². The van der Waals surface area contributed by atoms with Crippen LogP contribution in [0.15, 0.2) is 98.8 Å². The molecule has 0 fully saturated rings. The largest absolute Gasteiger partial charge is 1.00 e. The first-order valence-corrected chi connectivity index (χ1v) is 15.3. The maximum atomic E-state index is 13.3. The van der Waals surface area contributed by atoms with E-state index < -0.39 is 59.1 Å². The monoisotopic (exact) mass is 734 g/mol. The number of hydrogen-bond donors (Lipinski definition) is 1. The molecule has 3 aromatic rings. The Labute approximate surface area is 352 Å². The van der Waals surface area contributed by atoms with Crippen LogP contribution in [0.5, 0.6) is 0 Å². The quantitative estimate of drug-likeness (QED) is 0.0679. The third-order valence-corrected chi connectivity index (χ3v) is 7.65. The Kier molecular flexibility index (Phi) is 14.8. The molecule has 0 saturated carbocycles. The van der Waals surface area contributed by atoms with Gasteiger partial charge >= 0.3 is 115 Å². The molecule has 16 nitrogen and oxygen atoms in total. The van der Waals surface area contributed by atoms with Crippen molar-refractivity contribution < 1.29 is 153 Å². The molecule has 1 aliphatic rings. The Hall–Kier alpha value is -2.16. The zero-order chi connectivity index (χ0) is 33.1. The molecule has 1 aromatic heterocycles. The molecule has 0 unspecified atom stereocenters. The molecule has 4 rings (SSSR count). The van der Waals surface area contributed by atoms with Gasteiger partial charge in [0, 0.05) is 0 Å². The van der Waals surface area contributed by atoms with Crippen LogP contribution < -0.4 is 113 Å². The summed E-state index contributed by atoms with van der Waals surface area (Å²) in [6.07, 6.45) is 4.19. The summed E-state index contributed by atoms with van der Waals surface area (Å²) < 4.78 is 78.2. The predicted molar refractivity (Wildman–Crippen MR) is 153 cm³/mol. The van der Waals surface area contributed by atoms with E-state index in [-0.39, 0.29) is 138 Å². The van der Waals surface area contributed by atoms with Crippen molar-refractivity contribution in [1.29, 1.82) is 0 Å². The van der Waals surface area contributed by atoms with Gasteiger partial charge in [-0.25, -0.2) is 31.1 Å². The normalized spacial score (nSPS) is 13.9. The van der Waals surface area contributed by atoms with Crippen molar-refractivity contribution in [3.63, 3.8) is 0 Å². The Bertz CT molecular complexity index is 2080. The number of amides is 1. The minimum absolute atomic E-state index is 0. The zero-order valence-electron chi connectivity index (χ0n) is 24.9. The summed E-state index contributed by atoms with van der Waals surface area (Å²) in [5, 5.41) is 7.26. The number of carbonyl (C=O) groups excluding carboxylic acids is 3. The van der Waals surface area contributed by atoms with Crippen molar-refractivity contribution in [1.82, 2.24) is 9.78 Å². The van der Waals surface area contributed by atoms with Gasteiger partial charge in [0.25, 0.3) is 11.5 Å². The fraction of sp³-hybridized carbons (Fsp3) is 0.0741. The summed E-state index contributed by atoms with van der Waals surface area (Å²) in [6.45, 7) is 4.76. The Morgan fingerprint density at radius 3 is 1.94 bits per heavy atom. The van der Waals surface area contributed by atoms with Gasteiger partial charge in [-0.1, -0.05) is 12.7 Å². The van der Waals surface area contributed by atoms with Crippen molar-refractivity contribution >= 4 is 55.6 Å². The van der Waals surface area contributed by atoms with E-state index in [4.69, 9.17) is 9.47 Å². The molecule has 1 amide bonds. The number of rotatable bonds is 10. The molecular weight excluding hydrogens is 715 g/mol. The van der Waals surface area contributed by atoms with Crippen LogP contribution in [0.1, 0.15) is 23.0 Å². The smallest absolute Gasteiger partial charge is 0.744 e. The van der Waals surface area contributed by atoms with Gasteiger partial charge < -0.3 is 18.6 Å². The first kappa shape index (κ1) is 41.0. The Balaban J connectivity index is 0.00000384. The molecule has 0 saturated heterocycles. The number of aromatic amines is 1. The third kappa shape index (κ3) is 9.51. The fourth-order valence-electron chi connectivity index (χ4n) is 3.92. The molecule has 234 valence electrons. The van der Waals surface area contributed by atoms with Crippen LogP contribution >= 0.6 is 0 Å². The molecule has 0 spiro atoms. The molecule has 2 heterocycles. The van der Waals surface area contributed by atoms with E-state index in [0.717, 1.165) is 82.7 Å². The maximum absolute atomic E-state index is 13.3. The van der Waals surface area contributed by atoms with Crippen LogP contribution in [-0.2, 0) is 39.3 Å². The minimum Gasteiger partial charge on any atom is -0.744 e. The number of nitrogens with zero attached hydrogens (tertiary/aromatic N) is 3. The third-order valence-electron chi connectivity index (χ3n) is 5.95. The average molecular weight is 735 g/mol. The summed E-state index contributed by atoms with van der Waals surface area (Å²) in [4.78, 5) is 50.6. The van der Waals surface area contributed by atoms with E-state index in [0.29, 0.717) is 0 Å². The summed E-state index contributed by atoms with van der Waals surface area (Å²) in [5.74, 6) is -2.89. The minimum atomic E-state index is -4.77. The Morgan fingerprint density at radius 2 is 1.45 bits per heavy atom. The van der Waals surface area contributed by atoms with Crippen molar-refractivity contribution in [2.75, 3.05) is 11.6 Å². The van der Waals surface area contributed by atoms with Crippen LogP contribution in [0.4, 0.5) is 5.69 Å². The first-order chi connectivity index (χ1) is 21.2. The fourth-order valence-corrected chi connectivity index (χ4v) is 4.86. The van der Waals surface area contributed by atoms with Gasteiger partial charge in [-0.2, -0.15) is 10.1 Å². The van der Waals surface area contributed by atoms with Gasteiger partial charge in [0.2, 0.25) is 0 Å². The number of hydrazone groups is 1. The zero-order valence-corrected chi connectivity index (χ0v) is 32.8. The van der Waals surface area contributed by atoms with Crippen LogP contribution in [0.3, 0.4) is 0 Å². The Morgan fingerprint density at radius 1 is 0.915 bits per heavy atom. The van der Waals surface area contributed by atoms with E-state index in [2.05, 4.69) is 16.8 Å². The second kappa shape index (κ2) is 17.0. The van der Waals surface area contributed by atoms with E-state index in [9.17, 15) is 45.1 Å². The summed E-state index contributed by atoms with van der Waals surface area (Å²) in [6, 6.07) is 8.40. The van der Waals surface area contributed by atoms with Gasteiger partial charge in [0.1, 0.15) is 20.2 Å². The number of aromatic nitrogens is 2. The molecule has 47 heavy (non-hydrogen) atoms. The number of benzene rings is 2. The number of nitrogens with one attached hydrogen (secondary N) is 1. The summed E-state index contributed by atoms with van der Waals surface area (Å²) in [7, 11) is -9.53. The molecule has 0 radical (unpaired) electrons. The topological polar surface area (TPSA) is 237 Å². The summed E-state index contributed by atoms with van der Waals surface area (Å²) >= 11 is 0. The SMILES string of the molecule is C=COC(=O)C1=NN(c2ccc(S(=O)(=O)[O-])cc2)C(=O)/C1=C\C=Cc1c(C(=O)OCC)[nH]n(-c2ccc(S(=O)(=O)[O-])cc2)c1=O.[K+].[K+]. The molecular formula is C27H20K2N4O12S2. The molecule has 20 heteroatoms. The second-order valence-corrected chi connectivity index (χ2v) is 11.5. The first-order valence-electron chi connectivity index (χ1n) is 12.5. The number of hydrogen-bond acceptors (Lipinski definition) is 13. The van der Waals surface area contributed by atoms with E-state index >= 15 is 0 Å². The number of H-pyrrole nitrogens is 1. The van der Waals surface area contributed by atoms with E-state index in [1.807, 2.05) is 0 Å².